The van der Waals surface area contributed by atoms with Crippen molar-refractivity contribution in [2.24, 2.45) is 23.2 Å². The first-order valence-electron chi connectivity index (χ1n) is 8.97. The third-order valence-corrected chi connectivity index (χ3v) is 6.12. The average Bonchev–Trinajstić information content (AvgIpc) is 2.45. The first-order valence-corrected chi connectivity index (χ1v) is 8.97. The number of nitrogens with one attached hydrogen (secondary N) is 2. The summed E-state index contributed by atoms with van der Waals surface area (Å²) in [6.45, 7) is 5.12. The monoisotopic (exact) mass is 322 g/mol. The SMILES string of the molecule is CC(NC(=O)C12CC3CC(CC(C3)C1)C2)C(=O)NC(C)(C)CO. The number of hydrogen-bond donors (Lipinski definition) is 3. The number of rotatable bonds is 5. The molecule has 4 bridgehead atoms. The fraction of sp³-hybridized carbons (Fsp3) is 0.889. The van der Waals surface area contributed by atoms with E-state index in [1.165, 1.54) is 19.3 Å². The van der Waals surface area contributed by atoms with Gasteiger partial charge >= 0.3 is 0 Å². The van der Waals surface area contributed by atoms with Gasteiger partial charge in [-0.25, -0.2) is 0 Å². The van der Waals surface area contributed by atoms with Crippen LogP contribution in [0.2, 0.25) is 0 Å². The minimum absolute atomic E-state index is 0.0704. The van der Waals surface area contributed by atoms with Gasteiger partial charge in [0.1, 0.15) is 6.04 Å². The summed E-state index contributed by atoms with van der Waals surface area (Å²) in [5.41, 5.74) is -0.896. The molecule has 0 aromatic carbocycles. The van der Waals surface area contributed by atoms with Gasteiger partial charge < -0.3 is 15.7 Å². The Morgan fingerprint density at radius 3 is 2.04 bits per heavy atom. The van der Waals surface area contributed by atoms with Crippen molar-refractivity contribution < 1.29 is 14.7 Å². The number of carbonyl (C=O) groups excluding carboxylic acids is 2. The average molecular weight is 322 g/mol. The number of carbonyl (C=O) groups is 2. The molecule has 0 saturated heterocycles. The maximum atomic E-state index is 12.9. The molecule has 0 aromatic heterocycles. The number of amides is 2. The first-order chi connectivity index (χ1) is 10.7. The van der Waals surface area contributed by atoms with Crippen molar-refractivity contribution in [3.05, 3.63) is 0 Å². The van der Waals surface area contributed by atoms with Gasteiger partial charge in [-0.05, 0) is 77.0 Å². The Morgan fingerprint density at radius 2 is 1.61 bits per heavy atom. The third-order valence-electron chi connectivity index (χ3n) is 6.12. The highest BCUT2D eigenvalue weighted by Gasteiger charge is 2.54. The Kier molecular flexibility index (Phi) is 4.20. The summed E-state index contributed by atoms with van der Waals surface area (Å²) in [6.07, 6.45) is 6.90. The number of aliphatic hydroxyl groups excluding tert-OH is 1. The molecule has 0 aliphatic heterocycles. The molecule has 5 nitrogen and oxygen atoms in total. The second-order valence-electron chi connectivity index (χ2n) is 8.92. The normalized spacial score (nSPS) is 36.6. The van der Waals surface area contributed by atoms with Gasteiger partial charge in [0.25, 0.3) is 0 Å². The van der Waals surface area contributed by atoms with E-state index < -0.39 is 11.6 Å². The number of aliphatic hydroxyl groups is 1. The number of hydrogen-bond acceptors (Lipinski definition) is 3. The molecular formula is C18H30N2O3. The zero-order valence-electron chi connectivity index (χ0n) is 14.5. The summed E-state index contributed by atoms with van der Waals surface area (Å²) in [6, 6.07) is -0.568. The van der Waals surface area contributed by atoms with Gasteiger partial charge in [-0.3, -0.25) is 9.59 Å². The second kappa shape index (κ2) is 5.76. The summed E-state index contributed by atoms with van der Waals surface area (Å²) in [5.74, 6) is 1.97. The van der Waals surface area contributed by atoms with E-state index in [0.717, 1.165) is 19.3 Å². The fourth-order valence-electron chi connectivity index (χ4n) is 5.29. The topological polar surface area (TPSA) is 78.4 Å². The molecule has 4 aliphatic rings. The van der Waals surface area contributed by atoms with E-state index in [1.807, 2.05) is 0 Å². The molecule has 23 heavy (non-hydrogen) atoms. The van der Waals surface area contributed by atoms with Gasteiger partial charge in [0.2, 0.25) is 11.8 Å². The zero-order chi connectivity index (χ0) is 16.8. The molecule has 4 aliphatic carbocycles. The molecule has 4 fully saturated rings. The molecule has 130 valence electrons. The van der Waals surface area contributed by atoms with E-state index >= 15 is 0 Å². The molecule has 4 rings (SSSR count). The molecule has 4 saturated carbocycles. The molecule has 3 N–H and O–H groups in total. The standard InChI is InChI=1S/C18H30N2O3/c1-11(15(22)20-17(2,3)10-21)19-16(23)18-7-12-4-13(8-18)6-14(5-12)9-18/h11-14,21H,4-10H2,1-3H3,(H,19,23)(H,20,22). The molecule has 1 atom stereocenters. The van der Waals surface area contributed by atoms with E-state index in [2.05, 4.69) is 10.6 Å². The summed E-state index contributed by atoms with van der Waals surface area (Å²) >= 11 is 0. The lowest BCUT2D eigenvalue weighted by atomic mass is 9.49. The second-order valence-corrected chi connectivity index (χ2v) is 8.92. The van der Waals surface area contributed by atoms with E-state index in [0.29, 0.717) is 17.8 Å². The van der Waals surface area contributed by atoms with Gasteiger partial charge in [-0.2, -0.15) is 0 Å². The van der Waals surface area contributed by atoms with Crippen molar-refractivity contribution in [2.75, 3.05) is 6.61 Å². The van der Waals surface area contributed by atoms with Crippen molar-refractivity contribution >= 4 is 11.8 Å². The quantitative estimate of drug-likeness (QED) is 0.719. The van der Waals surface area contributed by atoms with E-state index in [9.17, 15) is 14.7 Å². The minimum atomic E-state index is -0.670. The van der Waals surface area contributed by atoms with Gasteiger partial charge in [-0.15, -0.1) is 0 Å². The van der Waals surface area contributed by atoms with Crippen LogP contribution in [0.1, 0.15) is 59.3 Å². The van der Waals surface area contributed by atoms with Gasteiger partial charge in [-0.1, -0.05) is 0 Å². The van der Waals surface area contributed by atoms with Crippen LogP contribution in [-0.4, -0.2) is 35.1 Å². The van der Waals surface area contributed by atoms with Gasteiger partial charge in [0.15, 0.2) is 0 Å². The molecule has 0 spiro atoms. The molecule has 5 heteroatoms. The van der Waals surface area contributed by atoms with Crippen molar-refractivity contribution in [2.45, 2.75) is 70.9 Å². The maximum Gasteiger partial charge on any atom is 0.242 e. The van der Waals surface area contributed by atoms with Crippen LogP contribution < -0.4 is 10.6 Å². The van der Waals surface area contributed by atoms with Crippen molar-refractivity contribution in [1.29, 1.82) is 0 Å². The molecule has 0 aromatic rings. The lowest BCUT2D eigenvalue weighted by Gasteiger charge is -2.55. The predicted octanol–water partition coefficient (Wildman–Crippen LogP) is 1.59. The van der Waals surface area contributed by atoms with Crippen molar-refractivity contribution in [3.63, 3.8) is 0 Å². The molecule has 0 radical (unpaired) electrons. The van der Waals surface area contributed by atoms with Gasteiger partial charge in [0.05, 0.1) is 12.1 Å². The minimum Gasteiger partial charge on any atom is -0.394 e. The lowest BCUT2D eigenvalue weighted by Crippen LogP contribution is -2.58. The van der Waals surface area contributed by atoms with E-state index in [1.54, 1.807) is 20.8 Å². The molecule has 1 unspecified atom stereocenters. The highest BCUT2D eigenvalue weighted by Crippen LogP contribution is 2.60. The Labute approximate surface area is 138 Å². The highest BCUT2D eigenvalue weighted by atomic mass is 16.3. The highest BCUT2D eigenvalue weighted by molar-refractivity contribution is 5.90. The zero-order valence-corrected chi connectivity index (χ0v) is 14.5. The molecule has 2 amide bonds. The van der Waals surface area contributed by atoms with Crippen LogP contribution in [0.3, 0.4) is 0 Å². The van der Waals surface area contributed by atoms with Crippen LogP contribution >= 0.6 is 0 Å². The molecule has 0 heterocycles. The summed E-state index contributed by atoms with van der Waals surface area (Å²) in [5, 5.41) is 15.0. The van der Waals surface area contributed by atoms with Crippen LogP contribution in [0.25, 0.3) is 0 Å². The fourth-order valence-corrected chi connectivity index (χ4v) is 5.29. The van der Waals surface area contributed by atoms with Gasteiger partial charge in [0, 0.05) is 5.41 Å². The molecular weight excluding hydrogens is 292 g/mol. The predicted molar refractivity (Wildman–Crippen MR) is 87.5 cm³/mol. The van der Waals surface area contributed by atoms with E-state index in [-0.39, 0.29) is 23.8 Å². The van der Waals surface area contributed by atoms with Crippen molar-refractivity contribution in [1.82, 2.24) is 10.6 Å². The Morgan fingerprint density at radius 1 is 1.13 bits per heavy atom. The van der Waals surface area contributed by atoms with Crippen molar-refractivity contribution in [3.8, 4) is 0 Å². The first kappa shape index (κ1) is 16.7. The Bertz CT molecular complexity index is 465. The van der Waals surface area contributed by atoms with Crippen LogP contribution in [0.4, 0.5) is 0 Å². The summed E-state index contributed by atoms with van der Waals surface area (Å²) in [7, 11) is 0. The van der Waals surface area contributed by atoms with Crippen LogP contribution in [-0.2, 0) is 9.59 Å². The summed E-state index contributed by atoms with van der Waals surface area (Å²) in [4.78, 5) is 25.1. The Hall–Kier alpha value is -1.10. The van der Waals surface area contributed by atoms with Crippen LogP contribution in [0.15, 0.2) is 0 Å². The smallest absolute Gasteiger partial charge is 0.242 e. The largest absolute Gasteiger partial charge is 0.394 e. The Balaban J connectivity index is 1.62. The summed E-state index contributed by atoms with van der Waals surface area (Å²) < 4.78 is 0. The van der Waals surface area contributed by atoms with Crippen LogP contribution in [0.5, 0.6) is 0 Å². The maximum absolute atomic E-state index is 12.9. The lowest BCUT2D eigenvalue weighted by molar-refractivity contribution is -0.148. The van der Waals surface area contributed by atoms with Crippen LogP contribution in [0, 0.1) is 23.2 Å². The van der Waals surface area contributed by atoms with E-state index in [4.69, 9.17) is 0 Å². The third kappa shape index (κ3) is 3.25.